The molecule has 2 unspecified atom stereocenters. The summed E-state index contributed by atoms with van der Waals surface area (Å²) in [7, 11) is 0. The smallest absolute Gasteiger partial charge is 0.315 e. The molecule has 0 bridgehead atoms. The molecule has 2 aliphatic heterocycles. The fourth-order valence-corrected chi connectivity index (χ4v) is 2.84. The van der Waals surface area contributed by atoms with Gasteiger partial charge in [0.2, 0.25) is 0 Å². The molecule has 16 heavy (non-hydrogen) atoms. The number of piperidine rings is 1. The van der Waals surface area contributed by atoms with E-state index in [0.29, 0.717) is 6.04 Å². The average Bonchev–Trinajstić information content (AvgIpc) is 2.63. The summed E-state index contributed by atoms with van der Waals surface area (Å²) in [5, 5.41) is 5.97. The van der Waals surface area contributed by atoms with Crippen molar-refractivity contribution in [2.75, 3.05) is 13.1 Å². The Morgan fingerprint density at radius 2 is 2.12 bits per heavy atom. The van der Waals surface area contributed by atoms with Crippen LogP contribution >= 0.6 is 0 Å². The highest BCUT2D eigenvalue weighted by Crippen LogP contribution is 2.26. The summed E-state index contributed by atoms with van der Waals surface area (Å²) in [6.07, 6.45) is 4.87. The minimum atomic E-state index is -0.00792. The van der Waals surface area contributed by atoms with Crippen molar-refractivity contribution in [3.63, 3.8) is 0 Å². The van der Waals surface area contributed by atoms with Crippen LogP contribution in [0, 0.1) is 0 Å². The molecular formula is C12H23N3O. The summed E-state index contributed by atoms with van der Waals surface area (Å²) in [5.74, 6) is 0. The summed E-state index contributed by atoms with van der Waals surface area (Å²) in [5.41, 5.74) is 0. The Labute approximate surface area is 97.8 Å². The lowest BCUT2D eigenvalue weighted by Gasteiger charge is -2.35. The molecule has 0 radical (unpaired) electrons. The number of hydrogen-bond acceptors (Lipinski definition) is 2. The highest BCUT2D eigenvalue weighted by atomic mass is 16.2. The number of fused-ring (bicyclic) bond motifs is 1. The van der Waals surface area contributed by atoms with E-state index in [4.69, 9.17) is 0 Å². The van der Waals surface area contributed by atoms with Gasteiger partial charge in [0.25, 0.3) is 0 Å². The molecule has 2 heterocycles. The van der Waals surface area contributed by atoms with Crippen LogP contribution < -0.4 is 10.6 Å². The van der Waals surface area contributed by atoms with E-state index in [0.717, 1.165) is 25.4 Å². The first-order chi connectivity index (χ1) is 7.65. The number of nitrogens with zero attached hydrogens (tertiary/aromatic N) is 1. The highest BCUT2D eigenvalue weighted by molar-refractivity contribution is 5.74. The number of urea groups is 1. The number of nitrogens with one attached hydrogen (secondary N) is 2. The zero-order valence-corrected chi connectivity index (χ0v) is 10.3. The van der Waals surface area contributed by atoms with Crippen LogP contribution in [0.4, 0.5) is 4.79 Å². The summed E-state index contributed by atoms with van der Waals surface area (Å²) in [4.78, 5) is 14.1. The number of carbonyl (C=O) groups is 1. The number of amides is 2. The van der Waals surface area contributed by atoms with E-state index < -0.39 is 0 Å². The average molecular weight is 225 g/mol. The lowest BCUT2D eigenvalue weighted by Crippen LogP contribution is -2.50. The fourth-order valence-electron chi connectivity index (χ4n) is 2.84. The van der Waals surface area contributed by atoms with Gasteiger partial charge in [0, 0.05) is 24.7 Å². The van der Waals surface area contributed by atoms with Gasteiger partial charge in [0.05, 0.1) is 0 Å². The molecule has 0 spiro atoms. The second kappa shape index (κ2) is 5.04. The molecule has 2 atom stereocenters. The molecule has 0 aromatic rings. The topological polar surface area (TPSA) is 44.4 Å². The summed E-state index contributed by atoms with van der Waals surface area (Å²) >= 11 is 0. The van der Waals surface area contributed by atoms with Crippen LogP contribution in [0.5, 0.6) is 0 Å². The highest BCUT2D eigenvalue weighted by Gasteiger charge is 2.32. The number of carbonyl (C=O) groups excluding carboxylic acids is 1. The van der Waals surface area contributed by atoms with E-state index in [-0.39, 0.29) is 12.1 Å². The molecular weight excluding hydrogens is 202 g/mol. The van der Waals surface area contributed by atoms with Crippen molar-refractivity contribution in [2.45, 2.75) is 57.7 Å². The van der Waals surface area contributed by atoms with Gasteiger partial charge in [0.1, 0.15) is 0 Å². The zero-order chi connectivity index (χ0) is 11.5. The maximum Gasteiger partial charge on any atom is 0.315 e. The molecule has 2 rings (SSSR count). The molecule has 2 amide bonds. The molecule has 92 valence electrons. The quantitative estimate of drug-likeness (QED) is 0.744. The number of hydrogen-bond donors (Lipinski definition) is 2. The van der Waals surface area contributed by atoms with Gasteiger partial charge in [0.15, 0.2) is 0 Å². The van der Waals surface area contributed by atoms with Gasteiger partial charge >= 0.3 is 6.03 Å². The van der Waals surface area contributed by atoms with Crippen molar-refractivity contribution in [1.82, 2.24) is 15.5 Å². The van der Waals surface area contributed by atoms with Crippen molar-refractivity contribution in [3.8, 4) is 0 Å². The minimum Gasteiger partial charge on any atom is -0.336 e. The maximum atomic E-state index is 11.6. The second-order valence-corrected chi connectivity index (χ2v) is 5.33. The largest absolute Gasteiger partial charge is 0.336 e. The first-order valence-corrected chi connectivity index (χ1v) is 6.46. The molecule has 2 fully saturated rings. The molecule has 2 saturated heterocycles. The van der Waals surface area contributed by atoms with Gasteiger partial charge in [-0.15, -0.1) is 0 Å². The summed E-state index contributed by atoms with van der Waals surface area (Å²) in [6, 6.07) is 1.30. The predicted molar refractivity (Wildman–Crippen MR) is 64.4 cm³/mol. The normalized spacial score (nSPS) is 30.2. The first-order valence-electron chi connectivity index (χ1n) is 6.46. The molecule has 0 aromatic heterocycles. The fraction of sp³-hybridized carbons (Fsp3) is 0.917. The lowest BCUT2D eigenvalue weighted by molar-refractivity contribution is 0.166. The SMILES string of the molecule is CC(C)NC(=O)NC1CCN2CCCC2C1. The van der Waals surface area contributed by atoms with Gasteiger partial charge in [-0.25, -0.2) is 4.79 Å². The third-order valence-corrected chi connectivity index (χ3v) is 3.58. The molecule has 0 aromatic carbocycles. The zero-order valence-electron chi connectivity index (χ0n) is 10.3. The molecule has 2 N–H and O–H groups in total. The lowest BCUT2D eigenvalue weighted by atomic mass is 9.98. The van der Waals surface area contributed by atoms with Gasteiger partial charge in [-0.1, -0.05) is 0 Å². The van der Waals surface area contributed by atoms with Crippen LogP contribution in [0.15, 0.2) is 0 Å². The Hall–Kier alpha value is -0.770. The van der Waals surface area contributed by atoms with Crippen LogP contribution in [0.3, 0.4) is 0 Å². The minimum absolute atomic E-state index is 0.00792. The van der Waals surface area contributed by atoms with E-state index in [9.17, 15) is 4.79 Å². The predicted octanol–water partition coefficient (Wildman–Crippen LogP) is 1.32. The van der Waals surface area contributed by atoms with Crippen molar-refractivity contribution in [3.05, 3.63) is 0 Å². The van der Waals surface area contributed by atoms with Crippen LogP contribution in [0.1, 0.15) is 39.5 Å². The van der Waals surface area contributed by atoms with Crippen LogP contribution in [0.2, 0.25) is 0 Å². The van der Waals surface area contributed by atoms with Crippen molar-refractivity contribution in [1.29, 1.82) is 0 Å². The van der Waals surface area contributed by atoms with Crippen LogP contribution in [0.25, 0.3) is 0 Å². The third-order valence-electron chi connectivity index (χ3n) is 3.58. The van der Waals surface area contributed by atoms with Crippen molar-refractivity contribution in [2.24, 2.45) is 0 Å². The van der Waals surface area contributed by atoms with E-state index in [1.54, 1.807) is 0 Å². The summed E-state index contributed by atoms with van der Waals surface area (Å²) in [6.45, 7) is 6.38. The van der Waals surface area contributed by atoms with Gasteiger partial charge in [-0.3, -0.25) is 0 Å². The second-order valence-electron chi connectivity index (χ2n) is 5.33. The number of rotatable bonds is 2. The Balaban J connectivity index is 1.76. The Kier molecular flexibility index (Phi) is 3.69. The van der Waals surface area contributed by atoms with E-state index in [1.807, 2.05) is 13.8 Å². The Morgan fingerprint density at radius 3 is 2.88 bits per heavy atom. The maximum absolute atomic E-state index is 11.6. The summed E-state index contributed by atoms with van der Waals surface area (Å²) < 4.78 is 0. The Bertz CT molecular complexity index is 255. The molecule has 4 nitrogen and oxygen atoms in total. The van der Waals surface area contributed by atoms with Crippen LogP contribution in [-0.4, -0.2) is 42.1 Å². The van der Waals surface area contributed by atoms with Crippen molar-refractivity contribution >= 4 is 6.03 Å². The molecule has 0 aliphatic carbocycles. The van der Waals surface area contributed by atoms with Crippen molar-refractivity contribution < 1.29 is 4.79 Å². The molecule has 4 heteroatoms. The van der Waals surface area contributed by atoms with E-state index in [1.165, 1.54) is 19.4 Å². The third kappa shape index (κ3) is 2.88. The van der Waals surface area contributed by atoms with Crippen LogP contribution in [-0.2, 0) is 0 Å². The van der Waals surface area contributed by atoms with Gasteiger partial charge in [-0.2, -0.15) is 0 Å². The van der Waals surface area contributed by atoms with E-state index in [2.05, 4.69) is 15.5 Å². The molecule has 2 aliphatic rings. The van der Waals surface area contributed by atoms with Gasteiger partial charge < -0.3 is 15.5 Å². The van der Waals surface area contributed by atoms with Gasteiger partial charge in [-0.05, 0) is 46.1 Å². The Morgan fingerprint density at radius 1 is 1.31 bits per heavy atom. The first kappa shape index (κ1) is 11.7. The molecule has 0 saturated carbocycles. The monoisotopic (exact) mass is 225 g/mol. The standard InChI is InChI=1S/C12H23N3O/c1-9(2)13-12(16)14-10-5-7-15-6-3-4-11(15)8-10/h9-11H,3-8H2,1-2H3,(H2,13,14,16). The van der Waals surface area contributed by atoms with E-state index >= 15 is 0 Å².